The molecule has 0 aromatic heterocycles. The Morgan fingerprint density at radius 1 is 1.29 bits per heavy atom. The van der Waals surface area contributed by atoms with Gasteiger partial charge in [0.15, 0.2) is 0 Å². The van der Waals surface area contributed by atoms with E-state index in [0.29, 0.717) is 17.0 Å². The molecule has 1 amide bonds. The van der Waals surface area contributed by atoms with E-state index in [1.54, 1.807) is 18.2 Å². The van der Waals surface area contributed by atoms with Crippen LogP contribution < -0.4 is 17.0 Å². The fourth-order valence-corrected chi connectivity index (χ4v) is 3.41. The Balaban J connectivity index is 2.11. The molecule has 0 fully saturated rings. The number of rotatable bonds is 4. The Morgan fingerprint density at radius 2 is 2.05 bits per heavy atom. The summed E-state index contributed by atoms with van der Waals surface area (Å²) in [6.07, 6.45) is 0. The Bertz CT molecular complexity index is 661. The van der Waals surface area contributed by atoms with Crippen molar-refractivity contribution in [3.8, 4) is 0 Å². The monoisotopic (exact) mass is 369 g/mol. The summed E-state index contributed by atoms with van der Waals surface area (Å²) in [5.41, 5.74) is 9.53. The number of halogens is 2. The quantitative estimate of drug-likeness (QED) is 0.254. The fourth-order valence-electron chi connectivity index (χ4n) is 1.72. The largest absolute Gasteiger partial charge is 0.399 e. The highest BCUT2D eigenvalue weighted by atomic mass is 79.9. The minimum absolute atomic E-state index is 0.354. The van der Waals surface area contributed by atoms with Gasteiger partial charge in [-0.1, -0.05) is 22.0 Å². The average molecular weight is 370 g/mol. The van der Waals surface area contributed by atoms with Crippen molar-refractivity contribution >= 4 is 39.3 Å². The van der Waals surface area contributed by atoms with E-state index in [0.717, 1.165) is 14.9 Å². The first-order valence-corrected chi connectivity index (χ1v) is 7.75. The summed E-state index contributed by atoms with van der Waals surface area (Å²) in [6.45, 7) is 0. The number of hydrogen-bond donors (Lipinski definition) is 3. The Hall–Kier alpha value is -1.57. The zero-order valence-electron chi connectivity index (χ0n) is 10.9. The molecule has 0 saturated carbocycles. The summed E-state index contributed by atoms with van der Waals surface area (Å²) in [5.74, 6) is 5.00. The molecule has 4 nitrogen and oxygen atoms in total. The first kappa shape index (κ1) is 15.8. The van der Waals surface area contributed by atoms with E-state index < -0.39 is 0 Å². The molecule has 2 aromatic carbocycles. The van der Waals surface area contributed by atoms with Gasteiger partial charge in [0, 0.05) is 26.4 Å². The third-order valence-corrected chi connectivity index (χ3v) is 4.50. The SMILES string of the molecule is NNC(=O)c1ccc(CSc2cc(N)cc(F)c2)c(Br)c1. The Morgan fingerprint density at radius 3 is 2.67 bits per heavy atom. The topological polar surface area (TPSA) is 81.1 Å². The van der Waals surface area contributed by atoms with E-state index in [-0.39, 0.29) is 11.7 Å². The minimum atomic E-state index is -0.355. The molecule has 0 bridgehead atoms. The van der Waals surface area contributed by atoms with E-state index in [2.05, 4.69) is 21.4 Å². The second-order valence-electron chi connectivity index (χ2n) is 4.29. The lowest BCUT2D eigenvalue weighted by atomic mass is 10.1. The molecule has 0 aliphatic carbocycles. The van der Waals surface area contributed by atoms with Gasteiger partial charge < -0.3 is 5.73 Å². The zero-order chi connectivity index (χ0) is 15.4. The Kier molecular flexibility index (Phi) is 5.22. The molecule has 5 N–H and O–H groups in total. The molecule has 0 radical (unpaired) electrons. The molecule has 0 spiro atoms. The molecule has 0 heterocycles. The zero-order valence-corrected chi connectivity index (χ0v) is 13.3. The molecule has 2 rings (SSSR count). The molecule has 2 aromatic rings. The lowest BCUT2D eigenvalue weighted by Crippen LogP contribution is -2.29. The summed E-state index contributed by atoms with van der Waals surface area (Å²) < 4.78 is 14.0. The van der Waals surface area contributed by atoms with Gasteiger partial charge in [-0.15, -0.1) is 11.8 Å². The van der Waals surface area contributed by atoms with E-state index >= 15 is 0 Å². The van der Waals surface area contributed by atoms with Crippen LogP contribution in [-0.2, 0) is 5.75 Å². The van der Waals surface area contributed by atoms with Crippen LogP contribution in [0.2, 0.25) is 0 Å². The maximum Gasteiger partial charge on any atom is 0.265 e. The van der Waals surface area contributed by atoms with Gasteiger partial charge in [0.25, 0.3) is 5.91 Å². The lowest BCUT2D eigenvalue weighted by Gasteiger charge is -2.07. The van der Waals surface area contributed by atoms with Gasteiger partial charge in [-0.3, -0.25) is 10.2 Å². The number of thioether (sulfide) groups is 1. The summed E-state index contributed by atoms with van der Waals surface area (Å²) >= 11 is 4.87. The summed E-state index contributed by atoms with van der Waals surface area (Å²) in [6, 6.07) is 9.63. The molecular weight excluding hydrogens is 357 g/mol. The molecule has 0 aliphatic rings. The molecule has 21 heavy (non-hydrogen) atoms. The highest BCUT2D eigenvalue weighted by Crippen LogP contribution is 2.29. The molecule has 0 unspecified atom stereocenters. The van der Waals surface area contributed by atoms with Gasteiger partial charge in [0.2, 0.25) is 0 Å². The number of nitrogens with one attached hydrogen (secondary N) is 1. The van der Waals surface area contributed by atoms with Gasteiger partial charge >= 0.3 is 0 Å². The van der Waals surface area contributed by atoms with Crippen LogP contribution >= 0.6 is 27.7 Å². The van der Waals surface area contributed by atoms with E-state index in [1.807, 2.05) is 6.07 Å². The maximum absolute atomic E-state index is 13.3. The van der Waals surface area contributed by atoms with E-state index in [1.165, 1.54) is 23.9 Å². The lowest BCUT2D eigenvalue weighted by molar-refractivity contribution is 0.0953. The van der Waals surface area contributed by atoms with Gasteiger partial charge in [-0.05, 0) is 35.9 Å². The standard InChI is InChI=1S/C14H13BrFN3OS/c15-13-3-8(14(20)19-18)1-2-9(13)7-21-12-5-10(16)4-11(17)6-12/h1-6H,7,17-18H2,(H,19,20). The van der Waals surface area contributed by atoms with Crippen molar-refractivity contribution in [2.45, 2.75) is 10.6 Å². The number of benzene rings is 2. The number of carbonyl (C=O) groups is 1. The van der Waals surface area contributed by atoms with Gasteiger partial charge in [0.1, 0.15) is 5.82 Å². The molecule has 110 valence electrons. The number of nitrogens with two attached hydrogens (primary N) is 2. The predicted molar refractivity (Wildman–Crippen MR) is 86.2 cm³/mol. The van der Waals surface area contributed by atoms with Crippen LogP contribution in [-0.4, -0.2) is 5.91 Å². The molecule has 0 atom stereocenters. The average Bonchev–Trinajstić information content (AvgIpc) is 2.44. The van der Waals surface area contributed by atoms with Crippen molar-refractivity contribution in [3.05, 3.63) is 57.8 Å². The van der Waals surface area contributed by atoms with E-state index in [4.69, 9.17) is 11.6 Å². The van der Waals surface area contributed by atoms with Crippen LogP contribution in [0, 0.1) is 5.82 Å². The van der Waals surface area contributed by atoms with Crippen LogP contribution in [0.5, 0.6) is 0 Å². The normalized spacial score (nSPS) is 10.4. The maximum atomic E-state index is 13.3. The van der Waals surface area contributed by atoms with Crippen LogP contribution in [0.4, 0.5) is 10.1 Å². The van der Waals surface area contributed by atoms with Crippen molar-refractivity contribution < 1.29 is 9.18 Å². The molecule has 0 aliphatic heterocycles. The number of nitrogen functional groups attached to an aromatic ring is 2. The summed E-state index contributed by atoms with van der Waals surface area (Å²) in [5, 5.41) is 0. The van der Waals surface area contributed by atoms with Gasteiger partial charge in [-0.2, -0.15) is 0 Å². The van der Waals surface area contributed by atoms with Crippen molar-refractivity contribution in [1.29, 1.82) is 0 Å². The van der Waals surface area contributed by atoms with E-state index in [9.17, 15) is 9.18 Å². The highest BCUT2D eigenvalue weighted by Gasteiger charge is 2.08. The van der Waals surface area contributed by atoms with Gasteiger partial charge in [0.05, 0.1) is 0 Å². The third kappa shape index (κ3) is 4.20. The number of hydrogen-bond acceptors (Lipinski definition) is 4. The number of anilines is 1. The van der Waals surface area contributed by atoms with Crippen molar-refractivity contribution in [2.75, 3.05) is 5.73 Å². The number of amides is 1. The second kappa shape index (κ2) is 6.93. The number of carbonyl (C=O) groups excluding carboxylic acids is 1. The Labute approximate surface area is 134 Å². The smallest absolute Gasteiger partial charge is 0.265 e. The first-order valence-electron chi connectivity index (χ1n) is 5.98. The first-order chi connectivity index (χ1) is 9.99. The van der Waals surface area contributed by atoms with Crippen molar-refractivity contribution in [2.24, 2.45) is 5.84 Å². The summed E-state index contributed by atoms with van der Waals surface area (Å²) in [4.78, 5) is 12.2. The summed E-state index contributed by atoms with van der Waals surface area (Å²) in [7, 11) is 0. The molecule has 7 heteroatoms. The fraction of sp³-hybridized carbons (Fsp3) is 0.0714. The van der Waals surface area contributed by atoms with Crippen LogP contribution in [0.25, 0.3) is 0 Å². The van der Waals surface area contributed by atoms with Gasteiger partial charge in [-0.25, -0.2) is 10.2 Å². The number of hydrazine groups is 1. The molecular formula is C14H13BrFN3OS. The minimum Gasteiger partial charge on any atom is -0.399 e. The van der Waals surface area contributed by atoms with Crippen LogP contribution in [0.1, 0.15) is 15.9 Å². The van der Waals surface area contributed by atoms with Crippen molar-refractivity contribution in [1.82, 2.24) is 5.43 Å². The van der Waals surface area contributed by atoms with Crippen LogP contribution in [0.15, 0.2) is 45.8 Å². The predicted octanol–water partition coefficient (Wildman–Crippen LogP) is 3.07. The van der Waals surface area contributed by atoms with Crippen molar-refractivity contribution in [3.63, 3.8) is 0 Å². The third-order valence-electron chi connectivity index (χ3n) is 2.73. The van der Waals surface area contributed by atoms with Crippen LogP contribution in [0.3, 0.4) is 0 Å². The molecule has 0 saturated heterocycles. The second-order valence-corrected chi connectivity index (χ2v) is 6.19. The highest BCUT2D eigenvalue weighted by molar-refractivity contribution is 9.10.